The van der Waals surface area contributed by atoms with Gasteiger partial charge in [-0.3, -0.25) is 0 Å². The summed E-state index contributed by atoms with van der Waals surface area (Å²) in [7, 11) is -2.13. The number of hydrogen-bond donors (Lipinski definition) is 2. The monoisotopic (exact) mass is 493 g/mol. The van der Waals surface area contributed by atoms with E-state index in [1.54, 1.807) is 37.1 Å². The highest BCUT2D eigenvalue weighted by Crippen LogP contribution is 2.34. The summed E-state index contributed by atoms with van der Waals surface area (Å²) in [6.45, 7) is 5.72. The summed E-state index contributed by atoms with van der Waals surface area (Å²) < 4.78 is 34.7. The molecule has 2 aliphatic rings. The Morgan fingerprint density at radius 1 is 1.32 bits per heavy atom. The van der Waals surface area contributed by atoms with Crippen LogP contribution in [0.15, 0.2) is 29.2 Å². The minimum absolute atomic E-state index is 0.0762. The molecule has 34 heavy (non-hydrogen) atoms. The average molecular weight is 494 g/mol. The molecule has 1 fully saturated rings. The second kappa shape index (κ2) is 11.6. The van der Waals surface area contributed by atoms with Crippen LogP contribution in [-0.4, -0.2) is 73.7 Å². The van der Waals surface area contributed by atoms with Gasteiger partial charge in [0.25, 0.3) is 0 Å². The number of sulfonamides is 1. The van der Waals surface area contributed by atoms with Gasteiger partial charge < -0.3 is 20.1 Å². The quantitative estimate of drug-likeness (QED) is 0.632. The maximum Gasteiger partial charge on any atom is 0.317 e. The van der Waals surface area contributed by atoms with E-state index in [-0.39, 0.29) is 41.8 Å². The van der Waals surface area contributed by atoms with Crippen LogP contribution in [0.5, 0.6) is 5.75 Å². The Morgan fingerprint density at radius 2 is 2.03 bits per heavy atom. The predicted molar refractivity (Wildman–Crippen MR) is 133 cm³/mol. The van der Waals surface area contributed by atoms with E-state index in [1.807, 2.05) is 26.0 Å². The van der Waals surface area contributed by atoms with Crippen molar-refractivity contribution in [3.8, 4) is 5.75 Å². The van der Waals surface area contributed by atoms with Gasteiger partial charge in [-0.1, -0.05) is 44.4 Å². The number of urea groups is 1. The van der Waals surface area contributed by atoms with Gasteiger partial charge >= 0.3 is 6.03 Å². The first kappa shape index (κ1) is 26.5. The minimum Gasteiger partial charge on any atom is -0.487 e. The van der Waals surface area contributed by atoms with Crippen LogP contribution in [0.3, 0.4) is 0 Å². The molecule has 1 aromatic carbocycles. The number of ether oxygens (including phenoxy) is 1. The maximum atomic E-state index is 13.5. The smallest absolute Gasteiger partial charge is 0.317 e. The molecule has 1 saturated carbocycles. The second-order valence-electron chi connectivity index (χ2n) is 9.61. The molecule has 2 N–H and O–H groups in total. The van der Waals surface area contributed by atoms with E-state index in [4.69, 9.17) is 4.74 Å². The molecule has 2 amide bonds. The van der Waals surface area contributed by atoms with Crippen molar-refractivity contribution >= 4 is 22.1 Å². The molecule has 0 unspecified atom stereocenters. The highest BCUT2D eigenvalue weighted by molar-refractivity contribution is 7.89. The third kappa shape index (κ3) is 6.12. The van der Waals surface area contributed by atoms with Gasteiger partial charge in [-0.25, -0.2) is 13.2 Å². The summed E-state index contributed by atoms with van der Waals surface area (Å²) >= 11 is 0. The number of carbonyl (C=O) groups excluding carboxylic acids is 1. The molecule has 8 nitrogen and oxygen atoms in total. The van der Waals surface area contributed by atoms with Crippen molar-refractivity contribution in [2.45, 2.75) is 76.0 Å². The highest BCUT2D eigenvalue weighted by atomic mass is 32.2. The van der Waals surface area contributed by atoms with Crippen molar-refractivity contribution in [1.29, 1.82) is 0 Å². The van der Waals surface area contributed by atoms with Crippen molar-refractivity contribution < 1.29 is 23.1 Å². The van der Waals surface area contributed by atoms with E-state index < -0.39 is 22.2 Å². The van der Waals surface area contributed by atoms with E-state index >= 15 is 0 Å². The Kier molecular flexibility index (Phi) is 9.01. The van der Waals surface area contributed by atoms with Crippen molar-refractivity contribution in [2.24, 2.45) is 5.92 Å². The number of rotatable bonds is 6. The Bertz CT molecular complexity index is 975. The summed E-state index contributed by atoms with van der Waals surface area (Å²) in [5, 5.41) is 12.9. The zero-order chi connectivity index (χ0) is 24.9. The fourth-order valence-corrected chi connectivity index (χ4v) is 6.47. The molecule has 1 heterocycles. The normalized spacial score (nSPS) is 24.5. The summed E-state index contributed by atoms with van der Waals surface area (Å²) in [4.78, 5) is 14.6. The van der Waals surface area contributed by atoms with E-state index in [9.17, 15) is 18.3 Å². The van der Waals surface area contributed by atoms with Crippen LogP contribution in [0.4, 0.5) is 4.79 Å². The number of carbonyl (C=O) groups is 1. The Morgan fingerprint density at radius 3 is 2.68 bits per heavy atom. The van der Waals surface area contributed by atoms with Gasteiger partial charge in [-0.15, -0.1) is 0 Å². The highest BCUT2D eigenvalue weighted by Gasteiger charge is 2.38. The van der Waals surface area contributed by atoms with Crippen LogP contribution in [0.2, 0.25) is 0 Å². The standard InChI is InChI=1S/C25H39N3O5S/c1-5-9-20-12-13-24-22(14-20)33-23(18(2)15-28(19(3)17-29)34(24,31)32)16-27(4)25(30)26-21-10-7-6-8-11-21/h5,9,12-14,18-19,21,23,29H,6-8,10-11,15-17H2,1-4H3,(H,26,30)/b9-5+/t18-,19-,23-/m0/s1. The van der Waals surface area contributed by atoms with Gasteiger partial charge in [0.05, 0.1) is 13.2 Å². The van der Waals surface area contributed by atoms with Crippen LogP contribution >= 0.6 is 0 Å². The molecule has 1 aliphatic heterocycles. The average Bonchev–Trinajstić information content (AvgIpc) is 2.81. The number of nitrogens with zero attached hydrogens (tertiary/aromatic N) is 2. The van der Waals surface area contributed by atoms with Crippen molar-refractivity contribution in [3.63, 3.8) is 0 Å². The number of benzene rings is 1. The topological polar surface area (TPSA) is 99.2 Å². The van der Waals surface area contributed by atoms with Crippen molar-refractivity contribution in [2.75, 3.05) is 26.7 Å². The van der Waals surface area contributed by atoms with Gasteiger partial charge in [-0.2, -0.15) is 4.31 Å². The number of amides is 2. The van der Waals surface area contributed by atoms with Gasteiger partial charge in [0.2, 0.25) is 10.0 Å². The molecule has 3 atom stereocenters. The van der Waals surface area contributed by atoms with Gasteiger partial charge in [0.15, 0.2) is 0 Å². The third-order valence-corrected chi connectivity index (χ3v) is 8.80. The number of fused-ring (bicyclic) bond motifs is 1. The minimum atomic E-state index is -3.87. The van der Waals surface area contributed by atoms with E-state index in [0.29, 0.717) is 6.54 Å². The Hall–Kier alpha value is -2.10. The molecule has 190 valence electrons. The van der Waals surface area contributed by atoms with E-state index in [2.05, 4.69) is 5.32 Å². The Labute approximate surface area is 204 Å². The summed E-state index contributed by atoms with van der Waals surface area (Å²) in [5.41, 5.74) is 0.827. The molecule has 0 spiro atoms. The van der Waals surface area contributed by atoms with E-state index in [1.165, 1.54) is 10.7 Å². The van der Waals surface area contributed by atoms with Gasteiger partial charge in [0, 0.05) is 31.6 Å². The lowest BCUT2D eigenvalue weighted by Crippen LogP contribution is -2.52. The predicted octanol–water partition coefficient (Wildman–Crippen LogP) is 3.46. The van der Waals surface area contributed by atoms with Crippen molar-refractivity contribution in [3.05, 3.63) is 29.8 Å². The van der Waals surface area contributed by atoms with Crippen molar-refractivity contribution in [1.82, 2.24) is 14.5 Å². The zero-order valence-electron chi connectivity index (χ0n) is 20.7. The molecular formula is C25H39N3O5S. The molecule has 1 aliphatic carbocycles. The molecule has 0 aromatic heterocycles. The number of aliphatic hydroxyl groups excluding tert-OH is 1. The molecule has 1 aromatic rings. The van der Waals surface area contributed by atoms with Crippen LogP contribution in [-0.2, 0) is 10.0 Å². The molecule has 9 heteroatoms. The lowest BCUT2D eigenvalue weighted by molar-refractivity contribution is 0.0806. The fraction of sp³-hybridized carbons (Fsp3) is 0.640. The summed E-state index contributed by atoms with van der Waals surface area (Å²) in [5.74, 6) is 0.0515. The summed E-state index contributed by atoms with van der Waals surface area (Å²) in [6.07, 6.45) is 8.83. The molecule has 0 radical (unpaired) electrons. The third-order valence-electron chi connectivity index (χ3n) is 6.78. The molecule has 3 rings (SSSR count). The number of hydrogen-bond acceptors (Lipinski definition) is 5. The molecule has 0 bridgehead atoms. The zero-order valence-corrected chi connectivity index (χ0v) is 21.6. The first-order chi connectivity index (χ1) is 16.2. The summed E-state index contributed by atoms with van der Waals surface area (Å²) in [6, 6.07) is 4.51. The fourth-order valence-electron chi connectivity index (χ4n) is 4.64. The number of allylic oxidation sites excluding steroid dienone is 1. The number of likely N-dealkylation sites (N-methyl/N-ethyl adjacent to an activating group) is 1. The largest absolute Gasteiger partial charge is 0.487 e. The molecule has 0 saturated heterocycles. The van der Waals surface area contributed by atoms with Crippen LogP contribution in [0.1, 0.15) is 58.4 Å². The van der Waals surface area contributed by atoms with Crippen LogP contribution in [0.25, 0.3) is 6.08 Å². The first-order valence-electron chi connectivity index (χ1n) is 12.2. The van der Waals surface area contributed by atoms with Crippen LogP contribution < -0.4 is 10.1 Å². The lowest BCUT2D eigenvalue weighted by atomic mass is 9.96. The number of nitrogens with one attached hydrogen (secondary N) is 1. The Balaban J connectivity index is 1.89. The first-order valence-corrected chi connectivity index (χ1v) is 13.7. The van der Waals surface area contributed by atoms with Crippen LogP contribution in [0, 0.1) is 5.92 Å². The second-order valence-corrected chi connectivity index (χ2v) is 11.5. The van der Waals surface area contributed by atoms with Gasteiger partial charge in [0.1, 0.15) is 16.7 Å². The number of aliphatic hydroxyl groups is 1. The van der Waals surface area contributed by atoms with Gasteiger partial charge in [-0.05, 0) is 44.4 Å². The SMILES string of the molecule is C/C=C/c1ccc2c(c1)O[C@@H](CN(C)C(=O)NC1CCCCC1)[C@@H](C)CN([C@@H](C)CO)S2(=O)=O. The molecular weight excluding hydrogens is 454 g/mol. The van der Waals surface area contributed by atoms with E-state index in [0.717, 1.165) is 31.2 Å². The lowest BCUT2D eigenvalue weighted by Gasteiger charge is -2.37. The maximum absolute atomic E-state index is 13.5.